The molecule has 2 N–H and O–H groups in total. The second kappa shape index (κ2) is 10.4. The Morgan fingerprint density at radius 2 is 1.95 bits per heavy atom. The molecule has 1 spiro atoms. The fourth-order valence-electron chi connectivity index (χ4n) is 7.53. The number of pyridine rings is 1. The second-order valence-corrected chi connectivity index (χ2v) is 12.7. The maximum absolute atomic E-state index is 16.3. The molecule has 1 aromatic heterocycles. The summed E-state index contributed by atoms with van der Waals surface area (Å²) in [5.74, 6) is -0.0461. The predicted molar refractivity (Wildman–Crippen MR) is 155 cm³/mol. The number of rotatable bonds is 8. The van der Waals surface area contributed by atoms with Gasteiger partial charge in [0.05, 0.1) is 0 Å². The van der Waals surface area contributed by atoms with E-state index in [2.05, 4.69) is 22.4 Å². The highest BCUT2D eigenvalue weighted by atomic mass is 35.5. The topological polar surface area (TPSA) is 71.5 Å². The molecule has 3 aliphatic rings. The van der Waals surface area contributed by atoms with Gasteiger partial charge in [0.1, 0.15) is 23.6 Å². The van der Waals surface area contributed by atoms with E-state index in [1.54, 1.807) is 25.3 Å². The fourth-order valence-corrected chi connectivity index (χ4v) is 7.73. The number of aryl methyl sites for hydroxylation is 1. The summed E-state index contributed by atoms with van der Waals surface area (Å²) in [6.07, 6.45) is 8.08. The maximum Gasteiger partial charge on any atom is 0.329 e. The summed E-state index contributed by atoms with van der Waals surface area (Å²) in [6.45, 7) is 1.64. The number of fused-ring (bicyclic) bond motifs is 3. The number of nitrogens with zero attached hydrogens (tertiary/aromatic N) is 1. The van der Waals surface area contributed by atoms with Gasteiger partial charge in [-0.25, -0.2) is 9.18 Å². The molecule has 2 aromatic carbocycles. The van der Waals surface area contributed by atoms with Crippen LogP contribution < -0.4 is 10.1 Å². The lowest BCUT2D eigenvalue weighted by Crippen LogP contribution is -2.53. The largest absolute Gasteiger partial charge is 0.490 e. The van der Waals surface area contributed by atoms with Crippen LogP contribution in [0, 0.1) is 5.92 Å². The molecular weight excluding hydrogens is 527 g/mol. The Bertz CT molecular complexity index is 1420. The first-order chi connectivity index (χ1) is 19.2. The number of carbonyl (C=O) groups is 1. The number of halogens is 2. The summed E-state index contributed by atoms with van der Waals surface area (Å²) in [6, 6.07) is 17.5. The fraction of sp³-hybridized carbons (Fsp3) is 0.455. The molecule has 3 aromatic rings. The van der Waals surface area contributed by atoms with Crippen LogP contribution in [-0.4, -0.2) is 33.9 Å². The SMILES string of the molecule is CC(F)(COc1ccnc2c1CCC2)CC1Cc2ccccc2C12CCC(Nc1cccc(Cl)c1)(C(=O)O)CC2. The Morgan fingerprint density at radius 3 is 2.73 bits per heavy atom. The van der Waals surface area contributed by atoms with E-state index < -0.39 is 17.2 Å². The van der Waals surface area contributed by atoms with Gasteiger partial charge < -0.3 is 15.2 Å². The number of anilines is 1. The van der Waals surface area contributed by atoms with E-state index in [9.17, 15) is 9.90 Å². The van der Waals surface area contributed by atoms with Gasteiger partial charge in [0.15, 0.2) is 0 Å². The van der Waals surface area contributed by atoms with Crippen LogP contribution in [0.3, 0.4) is 0 Å². The zero-order valence-electron chi connectivity index (χ0n) is 22.9. The third-order valence-corrected chi connectivity index (χ3v) is 9.79. The van der Waals surface area contributed by atoms with Crippen LogP contribution >= 0.6 is 11.6 Å². The maximum atomic E-state index is 16.3. The number of aromatic nitrogens is 1. The van der Waals surface area contributed by atoms with E-state index in [-0.39, 0.29) is 17.9 Å². The third kappa shape index (κ3) is 4.96. The summed E-state index contributed by atoms with van der Waals surface area (Å²) in [7, 11) is 0. The molecule has 210 valence electrons. The number of alkyl halides is 1. The number of aliphatic carboxylic acids is 1. The molecule has 0 saturated heterocycles. The second-order valence-electron chi connectivity index (χ2n) is 12.2. The summed E-state index contributed by atoms with van der Waals surface area (Å²) in [5.41, 5.74) is 2.50. The van der Waals surface area contributed by atoms with Crippen LogP contribution in [0.15, 0.2) is 60.8 Å². The van der Waals surface area contributed by atoms with Crippen LogP contribution in [-0.2, 0) is 29.5 Å². The molecule has 0 bridgehead atoms. The van der Waals surface area contributed by atoms with Crippen molar-refractivity contribution >= 4 is 23.3 Å². The van der Waals surface area contributed by atoms with Crippen molar-refractivity contribution in [2.24, 2.45) is 5.92 Å². The van der Waals surface area contributed by atoms with E-state index in [4.69, 9.17) is 16.3 Å². The Labute approximate surface area is 240 Å². The van der Waals surface area contributed by atoms with Crippen molar-refractivity contribution in [2.45, 2.75) is 81.3 Å². The Morgan fingerprint density at radius 1 is 1.15 bits per heavy atom. The number of ether oxygens (including phenoxy) is 1. The van der Waals surface area contributed by atoms with E-state index in [0.717, 1.165) is 42.7 Å². The van der Waals surface area contributed by atoms with Crippen molar-refractivity contribution in [2.75, 3.05) is 11.9 Å². The molecule has 2 unspecified atom stereocenters. The molecule has 40 heavy (non-hydrogen) atoms. The molecule has 2 atom stereocenters. The quantitative estimate of drug-likeness (QED) is 0.300. The van der Waals surface area contributed by atoms with Gasteiger partial charge in [-0.2, -0.15) is 0 Å². The average molecular weight is 563 g/mol. The lowest BCUT2D eigenvalue weighted by atomic mass is 9.59. The van der Waals surface area contributed by atoms with Crippen molar-refractivity contribution in [3.05, 3.63) is 88.2 Å². The minimum Gasteiger partial charge on any atom is -0.490 e. The highest BCUT2D eigenvalue weighted by Crippen LogP contribution is 2.56. The van der Waals surface area contributed by atoms with E-state index in [1.165, 1.54) is 11.1 Å². The summed E-state index contributed by atoms with van der Waals surface area (Å²) in [4.78, 5) is 17.1. The highest BCUT2D eigenvalue weighted by molar-refractivity contribution is 6.30. The minimum absolute atomic E-state index is 0.0121. The molecule has 1 fully saturated rings. The van der Waals surface area contributed by atoms with Crippen molar-refractivity contribution in [1.29, 1.82) is 0 Å². The van der Waals surface area contributed by atoms with Gasteiger partial charge >= 0.3 is 5.97 Å². The standard InChI is InChI=1S/C33H36ClFN2O3/c1-31(35,21-40-29-12-17-36-28-11-5-9-26(28)29)20-23-18-22-6-2-3-10-27(22)32(23)13-15-33(16-14-32,30(38)39)37-25-8-4-7-24(34)19-25/h2-4,6-8,10,12,17,19,23,37H,5,9,11,13-16,18,20-21H2,1H3,(H,38,39). The lowest BCUT2D eigenvalue weighted by molar-refractivity contribution is -0.144. The van der Waals surface area contributed by atoms with Crippen LogP contribution in [0.2, 0.25) is 5.02 Å². The van der Waals surface area contributed by atoms with Gasteiger partial charge in [-0.15, -0.1) is 0 Å². The number of nitrogens with one attached hydrogen (secondary N) is 1. The first kappa shape index (κ1) is 27.1. The average Bonchev–Trinajstić information content (AvgIpc) is 3.52. The van der Waals surface area contributed by atoms with E-state index >= 15 is 4.39 Å². The normalized spacial score (nSPS) is 26.6. The molecule has 0 aliphatic heterocycles. The number of carboxylic acid groups (broad SMARTS) is 1. The number of hydrogen-bond acceptors (Lipinski definition) is 4. The summed E-state index contributed by atoms with van der Waals surface area (Å²) >= 11 is 6.18. The molecule has 7 heteroatoms. The first-order valence-electron chi connectivity index (χ1n) is 14.3. The Hall–Kier alpha value is -3.12. The predicted octanol–water partition coefficient (Wildman–Crippen LogP) is 7.34. The van der Waals surface area contributed by atoms with Crippen LogP contribution in [0.5, 0.6) is 5.75 Å². The third-order valence-electron chi connectivity index (χ3n) is 9.56. The van der Waals surface area contributed by atoms with Crippen molar-refractivity contribution in [1.82, 2.24) is 4.98 Å². The molecule has 0 amide bonds. The molecule has 6 rings (SSSR count). The van der Waals surface area contributed by atoms with Crippen LogP contribution in [0.25, 0.3) is 0 Å². The van der Waals surface area contributed by atoms with Gasteiger partial charge in [0.25, 0.3) is 0 Å². The van der Waals surface area contributed by atoms with E-state index in [1.807, 2.05) is 30.3 Å². The first-order valence-corrected chi connectivity index (χ1v) is 14.7. The van der Waals surface area contributed by atoms with Gasteiger partial charge in [-0.3, -0.25) is 4.98 Å². The van der Waals surface area contributed by atoms with Crippen molar-refractivity contribution in [3.63, 3.8) is 0 Å². The molecule has 5 nitrogen and oxygen atoms in total. The molecule has 1 saturated carbocycles. The minimum atomic E-state index is -1.53. The van der Waals surface area contributed by atoms with Gasteiger partial charge in [0.2, 0.25) is 0 Å². The molecule has 1 heterocycles. The monoisotopic (exact) mass is 562 g/mol. The van der Waals surface area contributed by atoms with Crippen molar-refractivity contribution < 1.29 is 19.0 Å². The van der Waals surface area contributed by atoms with E-state index in [0.29, 0.717) is 42.8 Å². The number of hydrogen-bond donors (Lipinski definition) is 2. The zero-order chi connectivity index (χ0) is 28.0. The highest BCUT2D eigenvalue weighted by Gasteiger charge is 2.55. The number of benzene rings is 2. The molecule has 0 radical (unpaired) electrons. The van der Waals surface area contributed by atoms with Gasteiger partial charge in [-0.05, 0) is 111 Å². The Balaban J connectivity index is 1.22. The van der Waals surface area contributed by atoms with Crippen LogP contribution in [0.4, 0.5) is 10.1 Å². The van der Waals surface area contributed by atoms with Crippen LogP contribution in [0.1, 0.15) is 67.8 Å². The molecular formula is C33H36ClFN2O3. The summed E-state index contributed by atoms with van der Waals surface area (Å²) in [5, 5.41) is 14.2. The van der Waals surface area contributed by atoms with Gasteiger partial charge in [0, 0.05) is 28.2 Å². The zero-order valence-corrected chi connectivity index (χ0v) is 23.6. The van der Waals surface area contributed by atoms with Gasteiger partial charge in [-0.1, -0.05) is 41.9 Å². The lowest BCUT2D eigenvalue weighted by Gasteiger charge is -2.47. The smallest absolute Gasteiger partial charge is 0.329 e. The van der Waals surface area contributed by atoms with Crippen molar-refractivity contribution in [3.8, 4) is 5.75 Å². The Kier molecular flexibility index (Phi) is 7.02. The number of carboxylic acids is 1. The summed E-state index contributed by atoms with van der Waals surface area (Å²) < 4.78 is 22.4. The molecule has 3 aliphatic carbocycles.